The van der Waals surface area contributed by atoms with Gasteiger partial charge in [0.25, 0.3) is 0 Å². The normalized spacial score (nSPS) is 13.2. The lowest BCUT2D eigenvalue weighted by Gasteiger charge is -2.30. The molecule has 0 fully saturated rings. The molecule has 0 spiro atoms. The Morgan fingerprint density at radius 1 is 0.974 bits per heavy atom. The summed E-state index contributed by atoms with van der Waals surface area (Å²) in [4.78, 5) is 27.9. The number of esters is 1. The fourth-order valence-electron chi connectivity index (χ4n) is 4.71. The van der Waals surface area contributed by atoms with Crippen LogP contribution in [0, 0.1) is 0 Å². The van der Waals surface area contributed by atoms with Crippen LogP contribution in [-0.2, 0) is 20.7 Å². The van der Waals surface area contributed by atoms with Crippen LogP contribution in [0.3, 0.4) is 0 Å². The van der Waals surface area contributed by atoms with Gasteiger partial charge in [-0.1, -0.05) is 73.3 Å². The molecule has 1 aliphatic carbocycles. The van der Waals surface area contributed by atoms with Crippen LogP contribution in [0.25, 0.3) is 11.1 Å². The monoisotopic (exact) mass is 513 g/mol. The van der Waals surface area contributed by atoms with Crippen molar-refractivity contribution in [2.75, 3.05) is 20.3 Å². The zero-order valence-corrected chi connectivity index (χ0v) is 22.5. The SMILES string of the molecule is C=CCOc1cccc(CC(C(=O)OC(C)(C)C)N(C)C(=O)OCC2c3ccccc3-c3ccccc32)c1. The molecule has 0 N–H and O–H groups in total. The van der Waals surface area contributed by atoms with Crippen LogP contribution in [0.5, 0.6) is 5.75 Å². The number of amides is 1. The molecule has 0 radical (unpaired) electrons. The van der Waals surface area contributed by atoms with Gasteiger partial charge in [0, 0.05) is 19.4 Å². The molecule has 3 aromatic rings. The molecular weight excluding hydrogens is 478 g/mol. The van der Waals surface area contributed by atoms with Gasteiger partial charge in [0.2, 0.25) is 0 Å². The van der Waals surface area contributed by atoms with E-state index < -0.39 is 23.7 Å². The molecule has 6 nitrogen and oxygen atoms in total. The van der Waals surface area contributed by atoms with Gasteiger partial charge in [0.15, 0.2) is 0 Å². The molecule has 0 bridgehead atoms. The van der Waals surface area contributed by atoms with Crippen LogP contribution in [0.1, 0.15) is 43.4 Å². The number of nitrogens with zero attached hydrogens (tertiary/aromatic N) is 1. The van der Waals surface area contributed by atoms with E-state index in [0.717, 1.165) is 27.8 Å². The second-order valence-corrected chi connectivity index (χ2v) is 10.4. The van der Waals surface area contributed by atoms with E-state index in [1.165, 1.54) is 4.90 Å². The predicted octanol–water partition coefficient (Wildman–Crippen LogP) is 6.39. The molecule has 1 unspecified atom stereocenters. The number of rotatable bonds is 9. The second-order valence-electron chi connectivity index (χ2n) is 10.4. The third-order valence-corrected chi connectivity index (χ3v) is 6.47. The molecule has 1 atom stereocenters. The molecular formula is C32H35NO5. The molecule has 0 saturated heterocycles. The molecule has 4 rings (SSSR count). The van der Waals surface area contributed by atoms with Crippen LogP contribution in [0.15, 0.2) is 85.5 Å². The molecule has 0 aromatic heterocycles. The van der Waals surface area contributed by atoms with Gasteiger partial charge < -0.3 is 14.2 Å². The fourth-order valence-corrected chi connectivity index (χ4v) is 4.71. The Morgan fingerprint density at radius 3 is 2.21 bits per heavy atom. The predicted molar refractivity (Wildman–Crippen MR) is 148 cm³/mol. The van der Waals surface area contributed by atoms with E-state index in [-0.39, 0.29) is 18.9 Å². The van der Waals surface area contributed by atoms with Gasteiger partial charge >= 0.3 is 12.1 Å². The number of carbonyl (C=O) groups excluding carboxylic acids is 2. The number of hydrogen-bond donors (Lipinski definition) is 0. The number of ether oxygens (including phenoxy) is 3. The number of fused-ring (bicyclic) bond motifs is 3. The molecule has 198 valence electrons. The molecule has 38 heavy (non-hydrogen) atoms. The van der Waals surface area contributed by atoms with Gasteiger partial charge in [-0.3, -0.25) is 4.90 Å². The van der Waals surface area contributed by atoms with Gasteiger partial charge in [0.1, 0.15) is 30.6 Å². The minimum absolute atomic E-state index is 0.0709. The third kappa shape index (κ3) is 6.25. The Morgan fingerprint density at radius 2 is 1.61 bits per heavy atom. The van der Waals surface area contributed by atoms with Crippen molar-refractivity contribution in [2.24, 2.45) is 0 Å². The lowest BCUT2D eigenvalue weighted by molar-refractivity contribution is -0.160. The van der Waals surface area contributed by atoms with E-state index in [0.29, 0.717) is 12.4 Å². The van der Waals surface area contributed by atoms with E-state index in [4.69, 9.17) is 14.2 Å². The van der Waals surface area contributed by atoms with Crippen molar-refractivity contribution in [1.29, 1.82) is 0 Å². The Labute approximate surface area is 224 Å². The zero-order valence-electron chi connectivity index (χ0n) is 22.5. The van der Waals surface area contributed by atoms with E-state index >= 15 is 0 Å². The first kappa shape index (κ1) is 27.0. The van der Waals surface area contributed by atoms with Gasteiger partial charge in [-0.2, -0.15) is 0 Å². The van der Waals surface area contributed by atoms with Gasteiger partial charge in [0.05, 0.1) is 0 Å². The van der Waals surface area contributed by atoms with Crippen molar-refractivity contribution in [3.8, 4) is 16.9 Å². The molecule has 0 aliphatic heterocycles. The minimum Gasteiger partial charge on any atom is -0.490 e. The van der Waals surface area contributed by atoms with Gasteiger partial charge in [-0.25, -0.2) is 9.59 Å². The molecule has 6 heteroatoms. The van der Waals surface area contributed by atoms with Gasteiger partial charge in [-0.05, 0) is 60.7 Å². The number of hydrogen-bond acceptors (Lipinski definition) is 5. The molecule has 0 heterocycles. The van der Waals surface area contributed by atoms with Crippen LogP contribution in [0.4, 0.5) is 4.79 Å². The highest BCUT2D eigenvalue weighted by molar-refractivity contribution is 5.82. The van der Waals surface area contributed by atoms with E-state index in [1.54, 1.807) is 33.9 Å². The Balaban J connectivity index is 1.51. The average molecular weight is 514 g/mol. The van der Waals surface area contributed by atoms with E-state index in [2.05, 4.69) is 30.8 Å². The second kappa shape index (κ2) is 11.5. The zero-order chi connectivity index (χ0) is 27.3. The van der Waals surface area contributed by atoms with Crippen molar-refractivity contribution >= 4 is 12.1 Å². The summed E-state index contributed by atoms with van der Waals surface area (Å²) in [6.07, 6.45) is 1.34. The molecule has 1 aliphatic rings. The molecule has 0 saturated carbocycles. The first-order valence-electron chi connectivity index (χ1n) is 12.8. The van der Waals surface area contributed by atoms with Crippen molar-refractivity contribution < 1.29 is 23.8 Å². The first-order valence-corrected chi connectivity index (χ1v) is 12.8. The highest BCUT2D eigenvalue weighted by atomic mass is 16.6. The summed E-state index contributed by atoms with van der Waals surface area (Å²) < 4.78 is 17.1. The Bertz CT molecular complexity index is 1260. The number of carbonyl (C=O) groups is 2. The third-order valence-electron chi connectivity index (χ3n) is 6.47. The molecule has 1 amide bonds. The summed E-state index contributed by atoms with van der Waals surface area (Å²) >= 11 is 0. The minimum atomic E-state index is -0.875. The summed E-state index contributed by atoms with van der Waals surface area (Å²) in [5, 5.41) is 0. The highest BCUT2D eigenvalue weighted by Crippen LogP contribution is 2.44. The standard InChI is InChI=1S/C32H35NO5/c1-6-18-36-23-13-11-12-22(19-23)20-29(30(34)38-32(2,3)4)33(5)31(35)37-21-28-26-16-9-7-14-24(26)25-15-8-10-17-27(25)28/h6-17,19,28-29H,1,18,20-21H2,2-5H3. The van der Waals surface area contributed by atoms with E-state index in [1.807, 2.05) is 48.5 Å². The van der Waals surface area contributed by atoms with Crippen LogP contribution >= 0.6 is 0 Å². The van der Waals surface area contributed by atoms with Crippen LogP contribution < -0.4 is 4.74 Å². The van der Waals surface area contributed by atoms with Crippen LogP contribution in [0.2, 0.25) is 0 Å². The number of benzene rings is 3. The maximum Gasteiger partial charge on any atom is 0.410 e. The summed E-state index contributed by atoms with van der Waals surface area (Å²) in [5.74, 6) is 0.0958. The van der Waals surface area contributed by atoms with Crippen molar-refractivity contribution in [3.63, 3.8) is 0 Å². The first-order chi connectivity index (χ1) is 18.2. The fraction of sp³-hybridized carbons (Fsp3) is 0.312. The average Bonchev–Trinajstić information content (AvgIpc) is 3.21. The van der Waals surface area contributed by atoms with Crippen molar-refractivity contribution in [1.82, 2.24) is 4.90 Å². The smallest absolute Gasteiger partial charge is 0.410 e. The summed E-state index contributed by atoms with van der Waals surface area (Å²) in [6.45, 7) is 9.63. The lowest BCUT2D eigenvalue weighted by atomic mass is 9.98. The maximum absolute atomic E-state index is 13.3. The van der Waals surface area contributed by atoms with E-state index in [9.17, 15) is 9.59 Å². The van der Waals surface area contributed by atoms with Crippen molar-refractivity contribution in [2.45, 2.75) is 44.8 Å². The largest absolute Gasteiger partial charge is 0.490 e. The topological polar surface area (TPSA) is 65.1 Å². The van der Waals surface area contributed by atoms with Gasteiger partial charge in [-0.15, -0.1) is 0 Å². The molecule has 3 aromatic carbocycles. The Hall–Kier alpha value is -4.06. The lowest BCUT2D eigenvalue weighted by Crippen LogP contribution is -2.47. The highest BCUT2D eigenvalue weighted by Gasteiger charge is 2.34. The number of likely N-dealkylation sites (N-methyl/N-ethyl adjacent to an activating group) is 1. The summed E-state index contributed by atoms with van der Waals surface area (Å²) in [6, 6.07) is 22.9. The Kier molecular flexibility index (Phi) is 8.20. The van der Waals surface area contributed by atoms with Crippen molar-refractivity contribution in [3.05, 3.63) is 102 Å². The quantitative estimate of drug-likeness (QED) is 0.245. The van der Waals surface area contributed by atoms with Crippen LogP contribution in [-0.4, -0.2) is 48.9 Å². The summed E-state index contributed by atoms with van der Waals surface area (Å²) in [7, 11) is 1.57. The summed E-state index contributed by atoms with van der Waals surface area (Å²) in [5.41, 5.74) is 4.70. The maximum atomic E-state index is 13.3.